The molecule has 2 nitrogen and oxygen atoms in total. The second-order valence-corrected chi connectivity index (χ2v) is 5.82. The Hall–Kier alpha value is -0.620. The van der Waals surface area contributed by atoms with Crippen LogP contribution in [-0.2, 0) is 0 Å². The molecule has 1 unspecified atom stereocenters. The predicted octanol–water partition coefficient (Wildman–Crippen LogP) is 3.81. The lowest BCUT2D eigenvalue weighted by atomic mass is 9.98. The van der Waals surface area contributed by atoms with E-state index < -0.39 is 0 Å². The molecule has 0 saturated carbocycles. The Morgan fingerprint density at radius 2 is 1.89 bits per heavy atom. The molecule has 0 amide bonds. The number of aryl methyl sites for hydroxylation is 1. The van der Waals surface area contributed by atoms with Crippen LogP contribution in [0.2, 0.25) is 5.02 Å². The van der Waals surface area contributed by atoms with Crippen molar-refractivity contribution in [2.75, 3.05) is 0 Å². The number of hydrogen-bond donors (Lipinski definition) is 2. The summed E-state index contributed by atoms with van der Waals surface area (Å²) >= 11 is 8.46. The summed E-state index contributed by atoms with van der Waals surface area (Å²) in [4.78, 5) is 0. The van der Waals surface area contributed by atoms with Crippen molar-refractivity contribution >= 4 is 34.2 Å². The summed E-state index contributed by atoms with van der Waals surface area (Å²) in [6.45, 7) is 1.99. The van der Waals surface area contributed by atoms with E-state index in [1.807, 2.05) is 31.2 Å². The van der Waals surface area contributed by atoms with Gasteiger partial charge in [0.1, 0.15) is 0 Å². The number of benzene rings is 2. The van der Waals surface area contributed by atoms with Crippen molar-refractivity contribution in [1.82, 2.24) is 5.43 Å². The average Bonchev–Trinajstić information content (AvgIpc) is 2.35. The maximum absolute atomic E-state index is 6.16. The molecule has 1 atom stereocenters. The van der Waals surface area contributed by atoms with Gasteiger partial charge in [0.05, 0.1) is 6.04 Å². The van der Waals surface area contributed by atoms with Crippen molar-refractivity contribution in [3.05, 3.63) is 67.7 Å². The Labute approximate surface area is 126 Å². The van der Waals surface area contributed by atoms with Gasteiger partial charge in [-0.1, -0.05) is 35.9 Å². The van der Waals surface area contributed by atoms with Gasteiger partial charge in [-0.05, 0) is 64.4 Å². The smallest absolute Gasteiger partial charge is 0.0710 e. The molecule has 0 aromatic heterocycles. The molecule has 0 aliphatic carbocycles. The molecule has 0 saturated heterocycles. The van der Waals surface area contributed by atoms with Crippen LogP contribution in [0.4, 0.5) is 0 Å². The van der Waals surface area contributed by atoms with Crippen LogP contribution in [0, 0.1) is 10.5 Å². The molecule has 0 fully saturated rings. The Kier molecular flexibility index (Phi) is 4.61. The van der Waals surface area contributed by atoms with Crippen molar-refractivity contribution in [1.29, 1.82) is 0 Å². The molecular weight excluding hydrogens is 359 g/mol. The third kappa shape index (κ3) is 3.03. The van der Waals surface area contributed by atoms with Crippen LogP contribution in [0.1, 0.15) is 22.7 Å². The minimum Gasteiger partial charge on any atom is -0.271 e. The number of hydrazine groups is 1. The van der Waals surface area contributed by atoms with Crippen molar-refractivity contribution in [2.45, 2.75) is 13.0 Å². The fourth-order valence-corrected chi connectivity index (χ4v) is 2.62. The second-order valence-electron chi connectivity index (χ2n) is 4.16. The molecule has 2 rings (SSSR count). The summed E-state index contributed by atoms with van der Waals surface area (Å²) in [5.41, 5.74) is 6.11. The highest BCUT2D eigenvalue weighted by Gasteiger charge is 2.13. The fourth-order valence-electron chi connectivity index (χ4n) is 1.86. The van der Waals surface area contributed by atoms with Gasteiger partial charge in [-0.2, -0.15) is 0 Å². The monoisotopic (exact) mass is 372 g/mol. The Morgan fingerprint density at radius 1 is 1.17 bits per heavy atom. The number of rotatable bonds is 3. The molecule has 18 heavy (non-hydrogen) atoms. The lowest BCUT2D eigenvalue weighted by Crippen LogP contribution is -2.28. The second kappa shape index (κ2) is 6.02. The van der Waals surface area contributed by atoms with Gasteiger partial charge in [-0.15, -0.1) is 0 Å². The van der Waals surface area contributed by atoms with E-state index in [-0.39, 0.29) is 6.04 Å². The first-order valence-electron chi connectivity index (χ1n) is 5.59. The quantitative estimate of drug-likeness (QED) is 0.488. The molecule has 94 valence electrons. The van der Waals surface area contributed by atoms with E-state index in [4.69, 9.17) is 17.4 Å². The minimum absolute atomic E-state index is 0.0437. The van der Waals surface area contributed by atoms with Gasteiger partial charge in [0.2, 0.25) is 0 Å². The third-order valence-corrected chi connectivity index (χ3v) is 3.96. The van der Waals surface area contributed by atoms with Gasteiger partial charge in [0, 0.05) is 8.59 Å². The molecule has 0 heterocycles. The molecule has 0 bridgehead atoms. The Morgan fingerprint density at radius 3 is 2.50 bits per heavy atom. The van der Waals surface area contributed by atoms with Crippen LogP contribution < -0.4 is 11.3 Å². The van der Waals surface area contributed by atoms with Crippen LogP contribution in [0.15, 0.2) is 42.5 Å². The molecule has 2 aromatic rings. The van der Waals surface area contributed by atoms with E-state index >= 15 is 0 Å². The van der Waals surface area contributed by atoms with Gasteiger partial charge in [-0.25, -0.2) is 5.43 Å². The van der Waals surface area contributed by atoms with Crippen molar-refractivity contribution < 1.29 is 0 Å². The number of halogens is 2. The summed E-state index contributed by atoms with van der Waals surface area (Å²) in [6.07, 6.45) is 0. The van der Waals surface area contributed by atoms with Crippen LogP contribution in [0.5, 0.6) is 0 Å². The maximum Gasteiger partial charge on any atom is 0.0710 e. The SMILES string of the molecule is Cc1ccc(C(NN)c2cccc(I)c2)cc1Cl. The Balaban J connectivity index is 2.42. The minimum atomic E-state index is -0.0437. The zero-order chi connectivity index (χ0) is 13.1. The topological polar surface area (TPSA) is 38.0 Å². The van der Waals surface area contributed by atoms with Gasteiger partial charge in [0.15, 0.2) is 0 Å². The maximum atomic E-state index is 6.16. The highest BCUT2D eigenvalue weighted by Crippen LogP contribution is 2.26. The normalized spacial score (nSPS) is 12.4. The predicted molar refractivity (Wildman–Crippen MR) is 84.5 cm³/mol. The number of hydrogen-bond acceptors (Lipinski definition) is 2. The van der Waals surface area contributed by atoms with Gasteiger partial charge >= 0.3 is 0 Å². The van der Waals surface area contributed by atoms with Crippen LogP contribution in [-0.4, -0.2) is 0 Å². The van der Waals surface area contributed by atoms with Gasteiger partial charge in [0.25, 0.3) is 0 Å². The first kappa shape index (κ1) is 13.8. The fraction of sp³-hybridized carbons (Fsp3) is 0.143. The Bertz CT molecular complexity index is 557. The van der Waals surface area contributed by atoms with E-state index in [9.17, 15) is 0 Å². The van der Waals surface area contributed by atoms with E-state index in [0.29, 0.717) is 0 Å². The summed E-state index contributed by atoms with van der Waals surface area (Å²) < 4.78 is 1.18. The van der Waals surface area contributed by atoms with Crippen molar-refractivity contribution in [3.8, 4) is 0 Å². The highest BCUT2D eigenvalue weighted by molar-refractivity contribution is 14.1. The van der Waals surface area contributed by atoms with Gasteiger partial charge < -0.3 is 0 Å². The van der Waals surface area contributed by atoms with Crippen molar-refractivity contribution in [2.24, 2.45) is 5.84 Å². The van der Waals surface area contributed by atoms with E-state index in [1.165, 1.54) is 3.57 Å². The van der Waals surface area contributed by atoms with Crippen LogP contribution >= 0.6 is 34.2 Å². The molecule has 4 heteroatoms. The standard InChI is InChI=1S/C14H14ClIN2/c1-9-5-6-11(8-13(9)15)14(18-17)10-3-2-4-12(16)7-10/h2-8,14,18H,17H2,1H3. The first-order valence-corrected chi connectivity index (χ1v) is 7.05. The summed E-state index contributed by atoms with van der Waals surface area (Å²) in [5, 5.41) is 0.762. The highest BCUT2D eigenvalue weighted by atomic mass is 127. The molecular formula is C14H14ClIN2. The first-order chi connectivity index (χ1) is 8.61. The van der Waals surface area contributed by atoms with Crippen LogP contribution in [0.3, 0.4) is 0 Å². The van der Waals surface area contributed by atoms with E-state index in [0.717, 1.165) is 21.7 Å². The van der Waals surface area contributed by atoms with Crippen LogP contribution in [0.25, 0.3) is 0 Å². The molecule has 3 N–H and O–H groups in total. The van der Waals surface area contributed by atoms with Crippen molar-refractivity contribution in [3.63, 3.8) is 0 Å². The van der Waals surface area contributed by atoms with E-state index in [1.54, 1.807) is 0 Å². The average molecular weight is 373 g/mol. The zero-order valence-corrected chi connectivity index (χ0v) is 12.9. The number of nitrogens with one attached hydrogen (secondary N) is 1. The summed E-state index contributed by atoms with van der Waals surface area (Å²) in [6, 6.07) is 14.2. The molecule has 0 spiro atoms. The molecule has 0 aliphatic heterocycles. The van der Waals surface area contributed by atoms with E-state index in [2.05, 4.69) is 46.2 Å². The lowest BCUT2D eigenvalue weighted by molar-refractivity contribution is 0.636. The molecule has 0 aliphatic rings. The largest absolute Gasteiger partial charge is 0.271 e. The summed E-state index contributed by atoms with van der Waals surface area (Å²) in [5.74, 6) is 5.68. The van der Waals surface area contributed by atoms with Gasteiger partial charge in [-0.3, -0.25) is 5.84 Å². The zero-order valence-electron chi connectivity index (χ0n) is 9.95. The summed E-state index contributed by atoms with van der Waals surface area (Å²) in [7, 11) is 0. The third-order valence-electron chi connectivity index (χ3n) is 2.88. The molecule has 2 aromatic carbocycles. The lowest BCUT2D eigenvalue weighted by Gasteiger charge is -2.18. The molecule has 0 radical (unpaired) electrons. The number of nitrogens with two attached hydrogens (primary N) is 1.